The van der Waals surface area contributed by atoms with Gasteiger partial charge in [-0.15, -0.1) is 0 Å². The summed E-state index contributed by atoms with van der Waals surface area (Å²) >= 11 is 0. The zero-order valence-electron chi connectivity index (χ0n) is 18.6. The summed E-state index contributed by atoms with van der Waals surface area (Å²) in [7, 11) is 1.68. The number of rotatable bonds is 8. The SMILES string of the molecule is CCNC(=NCc1cccc(OC)c1OC1CCCC1)NC1CCN(C(=O)CC)C1. The summed E-state index contributed by atoms with van der Waals surface area (Å²) in [5.41, 5.74) is 1.02. The maximum absolute atomic E-state index is 11.9. The molecule has 3 rings (SSSR count). The number of aliphatic imine (C=N–C) groups is 1. The fourth-order valence-electron chi connectivity index (χ4n) is 4.16. The summed E-state index contributed by atoms with van der Waals surface area (Å²) in [5.74, 6) is 2.55. The number of ether oxygens (including phenoxy) is 2. The van der Waals surface area contributed by atoms with Crippen molar-refractivity contribution in [1.82, 2.24) is 15.5 Å². The number of guanidine groups is 1. The number of hydrogen-bond donors (Lipinski definition) is 2. The third-order valence-corrected chi connectivity index (χ3v) is 5.80. The van der Waals surface area contributed by atoms with E-state index in [4.69, 9.17) is 14.5 Å². The van der Waals surface area contributed by atoms with Crippen LogP contribution >= 0.6 is 0 Å². The van der Waals surface area contributed by atoms with E-state index >= 15 is 0 Å². The number of hydrogen-bond acceptors (Lipinski definition) is 4. The number of likely N-dealkylation sites (tertiary alicyclic amines) is 1. The Balaban J connectivity index is 1.69. The van der Waals surface area contributed by atoms with Crippen molar-refractivity contribution in [2.75, 3.05) is 26.7 Å². The summed E-state index contributed by atoms with van der Waals surface area (Å²) in [6, 6.07) is 6.20. The zero-order valence-corrected chi connectivity index (χ0v) is 18.6. The molecule has 1 aromatic carbocycles. The molecule has 1 aliphatic heterocycles. The first-order chi connectivity index (χ1) is 14.6. The van der Waals surface area contributed by atoms with E-state index in [9.17, 15) is 4.79 Å². The van der Waals surface area contributed by atoms with Gasteiger partial charge in [0.25, 0.3) is 0 Å². The molecule has 1 saturated heterocycles. The molecule has 1 amide bonds. The zero-order chi connectivity index (χ0) is 21.3. The molecule has 2 N–H and O–H groups in total. The largest absolute Gasteiger partial charge is 0.493 e. The van der Waals surface area contributed by atoms with Gasteiger partial charge in [-0.2, -0.15) is 0 Å². The average Bonchev–Trinajstić information content (AvgIpc) is 3.44. The molecule has 1 unspecified atom stereocenters. The van der Waals surface area contributed by atoms with Crippen molar-refractivity contribution in [3.8, 4) is 11.5 Å². The second kappa shape index (κ2) is 11.1. The minimum atomic E-state index is 0.214. The van der Waals surface area contributed by atoms with E-state index in [2.05, 4.69) is 23.6 Å². The number of nitrogens with zero attached hydrogens (tertiary/aromatic N) is 2. The number of carbonyl (C=O) groups excluding carboxylic acids is 1. The Bertz CT molecular complexity index is 731. The van der Waals surface area contributed by atoms with Crippen LogP contribution in [0.4, 0.5) is 0 Å². The van der Waals surface area contributed by atoms with Crippen molar-refractivity contribution in [1.29, 1.82) is 0 Å². The molecule has 2 fully saturated rings. The molecular weight excluding hydrogens is 380 g/mol. The molecule has 1 saturated carbocycles. The molecule has 1 aromatic rings. The summed E-state index contributed by atoms with van der Waals surface area (Å²) in [6.07, 6.45) is 6.39. The van der Waals surface area contributed by atoms with Gasteiger partial charge >= 0.3 is 0 Å². The van der Waals surface area contributed by atoms with Gasteiger partial charge in [0, 0.05) is 37.7 Å². The third-order valence-electron chi connectivity index (χ3n) is 5.80. The smallest absolute Gasteiger partial charge is 0.222 e. The Morgan fingerprint density at radius 1 is 1.23 bits per heavy atom. The number of para-hydroxylation sites is 1. The van der Waals surface area contributed by atoms with E-state index in [-0.39, 0.29) is 18.1 Å². The highest BCUT2D eigenvalue weighted by molar-refractivity contribution is 5.80. The highest BCUT2D eigenvalue weighted by Crippen LogP contribution is 2.35. The van der Waals surface area contributed by atoms with Crippen molar-refractivity contribution in [3.05, 3.63) is 23.8 Å². The highest BCUT2D eigenvalue weighted by Gasteiger charge is 2.26. The second-order valence-corrected chi connectivity index (χ2v) is 7.99. The van der Waals surface area contributed by atoms with Crippen molar-refractivity contribution in [2.24, 2.45) is 4.99 Å². The summed E-state index contributed by atoms with van der Waals surface area (Å²) in [6.45, 7) is 6.77. The van der Waals surface area contributed by atoms with Crippen LogP contribution in [-0.2, 0) is 11.3 Å². The topological polar surface area (TPSA) is 75.2 Å². The Morgan fingerprint density at radius 3 is 2.73 bits per heavy atom. The lowest BCUT2D eigenvalue weighted by molar-refractivity contribution is -0.129. The number of benzene rings is 1. The molecule has 30 heavy (non-hydrogen) atoms. The minimum absolute atomic E-state index is 0.214. The van der Waals surface area contributed by atoms with E-state index < -0.39 is 0 Å². The lowest BCUT2D eigenvalue weighted by Crippen LogP contribution is -2.45. The molecule has 0 aromatic heterocycles. The molecule has 7 heteroatoms. The molecule has 0 bridgehead atoms. The van der Waals surface area contributed by atoms with Gasteiger partial charge in [-0.1, -0.05) is 19.1 Å². The summed E-state index contributed by atoms with van der Waals surface area (Å²) in [5, 5.41) is 6.81. The average molecular weight is 417 g/mol. The van der Waals surface area contributed by atoms with Crippen LogP contribution in [0, 0.1) is 0 Å². The summed E-state index contributed by atoms with van der Waals surface area (Å²) in [4.78, 5) is 18.7. The van der Waals surface area contributed by atoms with Gasteiger partial charge in [0.1, 0.15) is 0 Å². The maximum Gasteiger partial charge on any atom is 0.222 e. The lowest BCUT2D eigenvalue weighted by atomic mass is 10.1. The van der Waals surface area contributed by atoms with Crippen LogP contribution in [0.15, 0.2) is 23.2 Å². The van der Waals surface area contributed by atoms with Crippen molar-refractivity contribution in [2.45, 2.75) is 71.1 Å². The molecule has 2 aliphatic rings. The molecule has 0 spiro atoms. The molecular formula is C23H36N4O3. The predicted molar refractivity (Wildman–Crippen MR) is 119 cm³/mol. The van der Waals surface area contributed by atoms with Gasteiger partial charge in [0.05, 0.1) is 19.8 Å². The Hall–Kier alpha value is -2.44. The van der Waals surface area contributed by atoms with Crippen LogP contribution in [0.5, 0.6) is 11.5 Å². The van der Waals surface area contributed by atoms with E-state index in [0.717, 1.165) is 61.9 Å². The maximum atomic E-state index is 11.9. The number of methoxy groups -OCH3 is 1. The molecule has 0 radical (unpaired) electrons. The summed E-state index contributed by atoms with van der Waals surface area (Å²) < 4.78 is 11.9. The normalized spacial score (nSPS) is 19.8. The quantitative estimate of drug-likeness (QED) is 0.503. The van der Waals surface area contributed by atoms with Gasteiger partial charge in [0.15, 0.2) is 17.5 Å². The third kappa shape index (κ3) is 5.80. The van der Waals surface area contributed by atoms with E-state index in [1.807, 2.05) is 24.0 Å². The Morgan fingerprint density at radius 2 is 2.03 bits per heavy atom. The fraction of sp³-hybridized carbons (Fsp3) is 0.652. The van der Waals surface area contributed by atoms with Crippen LogP contribution < -0.4 is 20.1 Å². The monoisotopic (exact) mass is 416 g/mol. The van der Waals surface area contributed by atoms with Crippen LogP contribution in [-0.4, -0.2) is 55.7 Å². The van der Waals surface area contributed by atoms with Gasteiger partial charge in [-0.25, -0.2) is 4.99 Å². The van der Waals surface area contributed by atoms with Gasteiger partial charge in [-0.3, -0.25) is 4.79 Å². The Labute approximate surface area is 180 Å². The molecule has 166 valence electrons. The number of amides is 1. The van der Waals surface area contributed by atoms with Crippen LogP contribution in [0.25, 0.3) is 0 Å². The highest BCUT2D eigenvalue weighted by atomic mass is 16.5. The van der Waals surface area contributed by atoms with Gasteiger partial charge in [-0.05, 0) is 45.1 Å². The van der Waals surface area contributed by atoms with Gasteiger partial charge in [0.2, 0.25) is 5.91 Å². The first-order valence-electron chi connectivity index (χ1n) is 11.3. The first-order valence-corrected chi connectivity index (χ1v) is 11.3. The first kappa shape index (κ1) is 22.2. The second-order valence-electron chi connectivity index (χ2n) is 7.99. The van der Waals surface area contributed by atoms with Crippen LogP contribution in [0.1, 0.15) is 57.9 Å². The van der Waals surface area contributed by atoms with Crippen molar-refractivity contribution < 1.29 is 14.3 Å². The lowest BCUT2D eigenvalue weighted by Gasteiger charge is -2.20. The van der Waals surface area contributed by atoms with Crippen LogP contribution in [0.2, 0.25) is 0 Å². The minimum Gasteiger partial charge on any atom is -0.493 e. The fourth-order valence-corrected chi connectivity index (χ4v) is 4.16. The van der Waals surface area contributed by atoms with E-state index in [1.54, 1.807) is 7.11 Å². The predicted octanol–water partition coefficient (Wildman–Crippen LogP) is 3.08. The van der Waals surface area contributed by atoms with Crippen molar-refractivity contribution in [3.63, 3.8) is 0 Å². The molecule has 1 aliphatic carbocycles. The van der Waals surface area contributed by atoms with Crippen molar-refractivity contribution >= 4 is 11.9 Å². The number of carbonyl (C=O) groups is 1. The standard InChI is InChI=1S/C23H36N4O3/c1-4-21(28)27-14-13-18(16-27)26-23(24-5-2)25-15-17-9-8-12-20(29-3)22(17)30-19-10-6-7-11-19/h8-9,12,18-19H,4-7,10-11,13-16H2,1-3H3,(H2,24,25,26). The van der Waals surface area contributed by atoms with Gasteiger partial charge < -0.3 is 25.0 Å². The molecule has 1 atom stereocenters. The number of nitrogens with one attached hydrogen (secondary N) is 2. The molecule has 1 heterocycles. The van der Waals surface area contributed by atoms with E-state index in [1.165, 1.54) is 12.8 Å². The molecule has 7 nitrogen and oxygen atoms in total. The Kier molecular flexibility index (Phi) is 8.22. The van der Waals surface area contributed by atoms with Crippen LogP contribution in [0.3, 0.4) is 0 Å². The van der Waals surface area contributed by atoms with E-state index in [0.29, 0.717) is 13.0 Å².